The summed E-state index contributed by atoms with van der Waals surface area (Å²) in [6.07, 6.45) is 26.6. The molecule has 3 atom stereocenters. The van der Waals surface area contributed by atoms with E-state index in [9.17, 15) is 8.77 Å². The summed E-state index contributed by atoms with van der Waals surface area (Å²) in [6, 6.07) is 9.53. The van der Waals surface area contributed by atoms with Gasteiger partial charge in [-0.1, -0.05) is 96.9 Å². The summed E-state index contributed by atoms with van der Waals surface area (Å²) in [6.45, 7) is 38.4. The summed E-state index contributed by atoms with van der Waals surface area (Å²) in [5.41, 5.74) is 38.4. The van der Waals surface area contributed by atoms with Crippen molar-refractivity contribution in [2.45, 2.75) is 222 Å². The summed E-state index contributed by atoms with van der Waals surface area (Å²) < 4.78 is 54.4. The van der Waals surface area contributed by atoms with Crippen molar-refractivity contribution in [3.8, 4) is 57.5 Å². The lowest BCUT2D eigenvalue weighted by Gasteiger charge is -2.17. The van der Waals surface area contributed by atoms with Gasteiger partial charge in [0.2, 0.25) is 0 Å². The lowest BCUT2D eigenvalue weighted by molar-refractivity contribution is 0.467. The van der Waals surface area contributed by atoms with E-state index in [1.165, 1.54) is 19.0 Å². The van der Waals surface area contributed by atoms with Crippen molar-refractivity contribution in [1.82, 2.24) is 74.8 Å². The summed E-state index contributed by atoms with van der Waals surface area (Å²) in [4.78, 5) is 63.7. The summed E-state index contributed by atoms with van der Waals surface area (Å²) in [5.74, 6) is 13.2. The van der Waals surface area contributed by atoms with Crippen LogP contribution in [0.3, 0.4) is 0 Å². The molecule has 2 fully saturated rings. The molecule has 10 aromatic rings. The van der Waals surface area contributed by atoms with Gasteiger partial charge in [0.25, 0.3) is 0 Å². The van der Waals surface area contributed by atoms with Crippen LogP contribution in [0.15, 0.2) is 97.3 Å². The predicted molar refractivity (Wildman–Crippen MR) is 436 cm³/mol. The van der Waals surface area contributed by atoms with E-state index in [0.717, 1.165) is 100 Å². The van der Waals surface area contributed by atoms with Crippen LogP contribution < -0.4 is 57.8 Å². The number of aromatic nitrogens is 15. The Bertz CT molecular complexity index is 4750. The topological polar surface area (TPSA) is 404 Å². The van der Waals surface area contributed by atoms with E-state index in [1.807, 2.05) is 56.7 Å². The van der Waals surface area contributed by atoms with Gasteiger partial charge >= 0.3 is 0 Å². The number of rotatable bonds is 22. The van der Waals surface area contributed by atoms with Crippen LogP contribution in [0.1, 0.15) is 257 Å². The van der Waals surface area contributed by atoms with E-state index in [0.29, 0.717) is 139 Å². The molecule has 1 saturated heterocycles. The minimum absolute atomic E-state index is 0.208. The summed E-state index contributed by atoms with van der Waals surface area (Å²) >= 11 is 0. The highest BCUT2D eigenvalue weighted by Crippen LogP contribution is 2.51. The van der Waals surface area contributed by atoms with Crippen LogP contribution >= 0.6 is 7.14 Å². The number of ether oxygens (including phenoxy) is 5. The lowest BCUT2D eigenvalue weighted by Crippen LogP contribution is -2.13. The molecule has 1 aliphatic carbocycles. The smallest absolute Gasteiger partial charge is 0.187 e. The Morgan fingerprint density at radius 2 is 0.664 bits per heavy atom. The van der Waals surface area contributed by atoms with E-state index in [4.69, 9.17) is 52.4 Å². The van der Waals surface area contributed by atoms with Crippen molar-refractivity contribution < 1.29 is 32.5 Å². The van der Waals surface area contributed by atoms with Crippen LogP contribution in [0, 0.1) is 34.6 Å². The molecule has 0 radical (unpaired) electrons. The number of aryl methyl sites for hydroxylation is 5. The molecular formula is C81H109N20O7PS. The zero-order chi connectivity index (χ0) is 80.4. The van der Waals surface area contributed by atoms with E-state index in [2.05, 4.69) is 158 Å². The molecule has 0 aromatic carbocycles. The molecule has 1 saturated carbocycles. The highest BCUT2D eigenvalue weighted by atomic mass is 32.2. The molecule has 586 valence electrons. The predicted octanol–water partition coefficient (Wildman–Crippen LogP) is 17.8. The molecule has 110 heavy (non-hydrogen) atoms. The standard InChI is InChI=1S/C17H23N4O2P.2C17H24N4O.C16H20N4O.C14H18N4O2S/c1-11(2)13-9-20-16(24(22)6-4-5-7-24)8-14(13)23-15-10-19-12(3)21-17(15)18;2*1-6-11(4)14-7-15(13(8-20-14)10(2)3)22-16-9-19-12(5)21-17(16)18;1-9(2)12-7-19-13(11-4-5-11)6-14(12)21-15-8-18-10(3)20-16(15)17;1-8(2)10-6-17-13(21(4)19)5-11(10)20-12-7-16-9(3)18-14(12)15/h8-11H,4-7H2,1-3H3,(H2,18,19,21);2*7-11H,6H2,1-5H3,(H2,18,19,21);6-9,11H,4-5H2,1-3H3,(H2,17,18,20);5-8H,1-4H3,(H2,15,16,18)/t;2*11-;;/m.10../s1. The highest BCUT2D eigenvalue weighted by molar-refractivity contribution is 7.84. The number of anilines is 5. The van der Waals surface area contributed by atoms with Crippen molar-refractivity contribution in [3.05, 3.63) is 166 Å². The Morgan fingerprint density at radius 1 is 0.382 bits per heavy atom. The minimum atomic E-state index is -2.38. The Kier molecular flexibility index (Phi) is 30.0. The molecule has 11 heterocycles. The second-order valence-electron chi connectivity index (χ2n) is 29.1. The van der Waals surface area contributed by atoms with Crippen molar-refractivity contribution in [2.24, 2.45) is 0 Å². The molecule has 2 aliphatic rings. The Morgan fingerprint density at radius 3 is 0.955 bits per heavy atom. The van der Waals surface area contributed by atoms with Crippen LogP contribution in [-0.2, 0) is 15.4 Å². The maximum atomic E-state index is 13.0. The zero-order valence-electron chi connectivity index (χ0n) is 67.2. The normalized spacial score (nSPS) is 13.7. The molecule has 29 heteroatoms. The van der Waals surface area contributed by atoms with Gasteiger partial charge in [0, 0.05) is 131 Å². The third-order valence-corrected chi connectivity index (χ3v) is 22.4. The van der Waals surface area contributed by atoms with Gasteiger partial charge in [0.15, 0.2) is 57.8 Å². The fraction of sp³-hybridized carbons (Fsp3) is 0.444. The van der Waals surface area contributed by atoms with Crippen LogP contribution in [-0.4, -0.2) is 97.5 Å². The number of hydrogen-bond donors (Lipinski definition) is 5. The number of hydrogen-bond acceptors (Lipinski definition) is 27. The van der Waals surface area contributed by atoms with E-state index in [-0.39, 0.29) is 17.7 Å². The maximum Gasteiger partial charge on any atom is 0.187 e. The second kappa shape index (κ2) is 38.7. The van der Waals surface area contributed by atoms with Gasteiger partial charge in [-0.05, 0) is 115 Å². The molecular weight excluding hydrogens is 1430 g/mol. The van der Waals surface area contributed by atoms with Gasteiger partial charge in [0.1, 0.15) is 75.5 Å². The molecule has 1 aliphatic heterocycles. The Labute approximate surface area is 649 Å². The Hall–Kier alpha value is -10.5. The average Bonchev–Trinajstić information content (AvgIpc) is 1.47. The van der Waals surface area contributed by atoms with Crippen LogP contribution in [0.5, 0.6) is 57.5 Å². The van der Waals surface area contributed by atoms with Gasteiger partial charge in [-0.2, -0.15) is 0 Å². The van der Waals surface area contributed by atoms with Crippen molar-refractivity contribution in [2.75, 3.05) is 47.2 Å². The monoisotopic (exact) mass is 1540 g/mol. The van der Waals surface area contributed by atoms with Crippen molar-refractivity contribution in [1.29, 1.82) is 0 Å². The summed E-state index contributed by atoms with van der Waals surface area (Å²) in [7, 11) is -3.56. The Balaban J connectivity index is 0.000000173. The number of pyridine rings is 5. The fourth-order valence-corrected chi connectivity index (χ4v) is 14.5. The van der Waals surface area contributed by atoms with Crippen LogP contribution in [0.4, 0.5) is 29.1 Å². The zero-order valence-corrected chi connectivity index (χ0v) is 69.0. The lowest BCUT2D eigenvalue weighted by atomic mass is 10.00. The van der Waals surface area contributed by atoms with E-state index < -0.39 is 17.9 Å². The van der Waals surface area contributed by atoms with Gasteiger partial charge in [-0.15, -0.1) is 0 Å². The third-order valence-electron chi connectivity index (χ3n) is 18.5. The number of nitrogens with two attached hydrogens (primary N) is 5. The van der Waals surface area contributed by atoms with Crippen LogP contribution in [0.25, 0.3) is 0 Å². The third kappa shape index (κ3) is 23.3. The fourth-order valence-electron chi connectivity index (χ4n) is 11.2. The average molecular weight is 1540 g/mol. The SMILES string of the molecule is CC[C@@H](C)c1cc(Oc2cnc(C)nc2N)c(C(C)C)cn1.CC[C@H](C)c1cc(Oc2cnc(C)nc2N)c(C(C)C)cn1.Cc1ncc(Oc2cc(C3CC3)ncc2C(C)C)c(N)n1.Cc1ncc(Oc2cc(P3(=O)CCCC3)ncc2C(C)C)c(N)n1.Cc1ncc(Oc2cc(S(C)=O)ncc2C(C)C)c(N)n1. The minimum Gasteiger partial charge on any atom is -0.451 e. The maximum absolute atomic E-state index is 13.0. The summed E-state index contributed by atoms with van der Waals surface area (Å²) in [5, 5.41) is 0.459. The largest absolute Gasteiger partial charge is 0.451 e. The molecule has 27 nitrogen and oxygen atoms in total. The first-order valence-corrected chi connectivity index (χ1v) is 41.1. The first-order chi connectivity index (χ1) is 52.1. The molecule has 0 amide bonds. The molecule has 12 rings (SSSR count). The first-order valence-electron chi connectivity index (χ1n) is 37.4. The van der Waals surface area contributed by atoms with Gasteiger partial charge in [-0.25, -0.2) is 54.8 Å². The second-order valence-corrected chi connectivity index (χ2v) is 33.5. The van der Waals surface area contributed by atoms with Crippen molar-refractivity contribution >= 4 is 52.5 Å². The number of nitrogens with zero attached hydrogens (tertiary/aromatic N) is 15. The van der Waals surface area contributed by atoms with Crippen LogP contribution in [0.2, 0.25) is 0 Å². The molecule has 10 aromatic heterocycles. The van der Waals surface area contributed by atoms with Gasteiger partial charge in [0.05, 0.1) is 41.8 Å². The highest BCUT2D eigenvalue weighted by Gasteiger charge is 2.32. The van der Waals surface area contributed by atoms with Gasteiger partial charge in [-0.3, -0.25) is 24.1 Å². The quantitative estimate of drug-likeness (QED) is 0.0393. The van der Waals surface area contributed by atoms with E-state index in [1.54, 1.807) is 84.1 Å². The molecule has 1 unspecified atom stereocenters. The first kappa shape index (κ1) is 85.1. The molecule has 0 spiro atoms. The molecule has 0 bridgehead atoms. The molecule has 10 N–H and O–H groups in total. The van der Waals surface area contributed by atoms with Crippen molar-refractivity contribution in [3.63, 3.8) is 0 Å². The van der Waals surface area contributed by atoms with Gasteiger partial charge < -0.3 is 56.9 Å². The van der Waals surface area contributed by atoms with E-state index >= 15 is 0 Å². The number of nitrogen functional groups attached to an aromatic ring is 5.